The van der Waals surface area contributed by atoms with Gasteiger partial charge in [0, 0.05) is 0 Å². The number of hydrogen-bond donors (Lipinski definition) is 1. The Hall–Kier alpha value is -1.41. The maximum absolute atomic E-state index is 10.5. The normalized spacial score (nSPS) is 9.75. The number of carbonyl (C=O) groups excluding carboxylic acids is 1. The van der Waals surface area contributed by atoms with E-state index in [0.29, 0.717) is 0 Å². The van der Waals surface area contributed by atoms with Crippen LogP contribution in [0.1, 0.15) is 0 Å². The summed E-state index contributed by atoms with van der Waals surface area (Å²) in [5, 5.41) is 14.0. The topological polar surface area (TPSA) is 116 Å². The van der Waals surface area contributed by atoms with E-state index in [4.69, 9.17) is 9.93 Å². The molecule has 0 unspecified atom stereocenters. The van der Waals surface area contributed by atoms with E-state index < -0.39 is 10.0 Å². The van der Waals surface area contributed by atoms with Crippen LogP contribution >= 0.6 is 0 Å². The number of rotatable bonds is 1. The molecule has 0 aliphatic rings. The molecule has 0 bridgehead atoms. The van der Waals surface area contributed by atoms with Crippen molar-refractivity contribution in [2.24, 2.45) is 5.14 Å². The van der Waals surface area contributed by atoms with Crippen molar-refractivity contribution < 1.29 is 13.2 Å². The van der Waals surface area contributed by atoms with Gasteiger partial charge in [-0.2, -0.15) is 0 Å². The first kappa shape index (κ1) is 10.6. The minimum Gasteiger partial charge on any atom is -0.307 e. The molecule has 2 N–H and O–H groups in total. The van der Waals surface area contributed by atoms with Crippen LogP contribution in [0.4, 0.5) is 0 Å². The van der Waals surface area contributed by atoms with Crippen LogP contribution in [0.5, 0.6) is 0 Å². The fourth-order valence-corrected chi connectivity index (χ4v) is 0.783. The number of nitrogens with two attached hydrogens (primary N) is 1. The molecule has 0 aromatic carbocycles. The number of aromatic nitrogens is 3. The second-order valence-corrected chi connectivity index (χ2v) is 3.01. The maximum Gasteiger partial charge on any atom is 0.257 e. The highest BCUT2D eigenvalue weighted by atomic mass is 32.2. The molecule has 1 rings (SSSR count). The van der Waals surface area contributed by atoms with Crippen molar-refractivity contribution in [2.45, 2.75) is 5.03 Å². The molecule has 1 aromatic heterocycles. The van der Waals surface area contributed by atoms with Gasteiger partial charge >= 0.3 is 0 Å². The minimum atomic E-state index is -3.72. The number of nitrogens with zero attached hydrogens (tertiary/aromatic N) is 3. The Morgan fingerprint density at radius 3 is 2.25 bits per heavy atom. The largest absolute Gasteiger partial charge is 0.307 e. The van der Waals surface area contributed by atoms with Crippen LogP contribution in [-0.2, 0) is 14.8 Å². The monoisotopic (exact) mass is 190 g/mol. The molecule has 0 saturated carbocycles. The molecular formula is C4H6N4O3S. The quantitative estimate of drug-likeness (QED) is 0.566. The van der Waals surface area contributed by atoms with Crippen LogP contribution in [0.15, 0.2) is 17.3 Å². The molecule has 0 fully saturated rings. The second-order valence-electron chi connectivity index (χ2n) is 1.50. The van der Waals surface area contributed by atoms with Crippen LogP contribution in [-0.4, -0.2) is 30.6 Å². The van der Waals surface area contributed by atoms with E-state index in [1.807, 2.05) is 6.79 Å². The van der Waals surface area contributed by atoms with Gasteiger partial charge in [0.05, 0.1) is 6.20 Å². The number of carbonyl (C=O) groups is 1. The molecule has 0 radical (unpaired) electrons. The molecule has 7 nitrogen and oxygen atoms in total. The van der Waals surface area contributed by atoms with Gasteiger partial charge in [0.1, 0.15) is 6.79 Å². The molecule has 8 heteroatoms. The van der Waals surface area contributed by atoms with Crippen molar-refractivity contribution in [2.75, 3.05) is 0 Å². The Morgan fingerprint density at radius 2 is 2.00 bits per heavy atom. The molecule has 0 saturated heterocycles. The summed E-state index contributed by atoms with van der Waals surface area (Å²) in [7, 11) is -3.72. The van der Waals surface area contributed by atoms with E-state index >= 15 is 0 Å². The lowest BCUT2D eigenvalue weighted by atomic mass is 10.7. The standard InChI is InChI=1S/C3H4N4O2S.CH2O/c4-10(8,9)3-1-2-5-7-6-3;1-2/h1-2H,(H2,4,8,9);1H2. The smallest absolute Gasteiger partial charge is 0.257 e. The molecule has 12 heavy (non-hydrogen) atoms. The lowest BCUT2D eigenvalue weighted by molar-refractivity contribution is -0.0979. The average molecular weight is 190 g/mol. The summed E-state index contributed by atoms with van der Waals surface area (Å²) in [6.07, 6.45) is 1.20. The summed E-state index contributed by atoms with van der Waals surface area (Å²) in [6, 6.07) is 1.17. The Balaban J connectivity index is 0.000000561. The van der Waals surface area contributed by atoms with E-state index in [1.165, 1.54) is 12.3 Å². The second kappa shape index (κ2) is 4.46. The van der Waals surface area contributed by atoms with Crippen molar-refractivity contribution in [1.82, 2.24) is 15.4 Å². The van der Waals surface area contributed by atoms with Gasteiger partial charge in [-0.1, -0.05) is 0 Å². The molecular weight excluding hydrogens is 184 g/mol. The van der Waals surface area contributed by atoms with Gasteiger partial charge in [-0.3, -0.25) is 0 Å². The van der Waals surface area contributed by atoms with Crippen LogP contribution in [0, 0.1) is 0 Å². The van der Waals surface area contributed by atoms with Gasteiger partial charge < -0.3 is 4.79 Å². The zero-order valence-electron chi connectivity index (χ0n) is 5.91. The zero-order chi connectivity index (χ0) is 9.61. The van der Waals surface area contributed by atoms with Crippen molar-refractivity contribution >= 4 is 16.8 Å². The van der Waals surface area contributed by atoms with Crippen molar-refractivity contribution in [3.05, 3.63) is 12.3 Å². The molecule has 1 heterocycles. The predicted octanol–water partition coefficient (Wildman–Crippen LogP) is -1.67. The van der Waals surface area contributed by atoms with Crippen LogP contribution < -0.4 is 5.14 Å². The number of sulfonamides is 1. The summed E-state index contributed by atoms with van der Waals surface area (Å²) < 4.78 is 21.0. The minimum absolute atomic E-state index is 0.275. The van der Waals surface area contributed by atoms with Crippen LogP contribution in [0.25, 0.3) is 0 Å². The van der Waals surface area contributed by atoms with Gasteiger partial charge in [0.2, 0.25) is 0 Å². The maximum atomic E-state index is 10.5. The third-order valence-electron chi connectivity index (χ3n) is 0.770. The fraction of sp³-hybridized carbons (Fsp3) is 0. The highest BCUT2D eigenvalue weighted by Crippen LogP contribution is 1.94. The highest BCUT2D eigenvalue weighted by molar-refractivity contribution is 7.89. The van der Waals surface area contributed by atoms with E-state index in [-0.39, 0.29) is 5.03 Å². The number of hydrogen-bond acceptors (Lipinski definition) is 6. The van der Waals surface area contributed by atoms with Crippen molar-refractivity contribution in [3.63, 3.8) is 0 Å². The Kier molecular flexibility index (Phi) is 3.94. The summed E-state index contributed by atoms with van der Waals surface area (Å²) in [5.41, 5.74) is 0. The number of primary sulfonamides is 1. The molecule has 66 valence electrons. The summed E-state index contributed by atoms with van der Waals surface area (Å²) in [5.74, 6) is 0. The van der Waals surface area contributed by atoms with E-state index in [2.05, 4.69) is 15.4 Å². The lowest BCUT2D eigenvalue weighted by Gasteiger charge is -1.90. The van der Waals surface area contributed by atoms with Gasteiger partial charge in [-0.15, -0.1) is 10.2 Å². The van der Waals surface area contributed by atoms with Gasteiger partial charge in [-0.05, 0) is 11.3 Å². The van der Waals surface area contributed by atoms with Crippen molar-refractivity contribution in [3.8, 4) is 0 Å². The predicted molar refractivity (Wildman–Crippen MR) is 38.3 cm³/mol. The molecule has 0 aliphatic heterocycles. The van der Waals surface area contributed by atoms with E-state index in [0.717, 1.165) is 0 Å². The van der Waals surface area contributed by atoms with E-state index in [1.54, 1.807) is 0 Å². The summed E-state index contributed by atoms with van der Waals surface area (Å²) in [4.78, 5) is 8.00. The molecule has 0 atom stereocenters. The van der Waals surface area contributed by atoms with Gasteiger partial charge in [-0.25, -0.2) is 13.6 Å². The van der Waals surface area contributed by atoms with E-state index in [9.17, 15) is 8.42 Å². The Bertz CT molecular complexity index is 323. The third-order valence-corrected chi connectivity index (χ3v) is 1.57. The third kappa shape index (κ3) is 3.12. The first-order chi connectivity index (χ1) is 5.61. The lowest BCUT2D eigenvalue weighted by Crippen LogP contribution is -2.14. The van der Waals surface area contributed by atoms with Gasteiger partial charge in [0.25, 0.3) is 10.0 Å². The molecule has 0 spiro atoms. The highest BCUT2D eigenvalue weighted by Gasteiger charge is 2.07. The SMILES string of the molecule is C=O.NS(=O)(=O)c1ccnnn1. The zero-order valence-corrected chi connectivity index (χ0v) is 6.73. The first-order valence-corrected chi connectivity index (χ1v) is 4.11. The van der Waals surface area contributed by atoms with Crippen LogP contribution in [0.2, 0.25) is 0 Å². The van der Waals surface area contributed by atoms with Crippen LogP contribution in [0.3, 0.4) is 0 Å². The molecule has 1 aromatic rings. The molecule has 0 amide bonds. The summed E-state index contributed by atoms with van der Waals surface area (Å²) >= 11 is 0. The van der Waals surface area contributed by atoms with Gasteiger partial charge in [0.15, 0.2) is 5.03 Å². The average Bonchev–Trinajstić information content (AvgIpc) is 2.08. The first-order valence-electron chi connectivity index (χ1n) is 2.57. The molecule has 0 aliphatic carbocycles. The summed E-state index contributed by atoms with van der Waals surface area (Å²) in [6.45, 7) is 2.00. The fourth-order valence-electron chi connectivity index (χ4n) is 0.382. The Labute approximate surface area is 68.7 Å². The Morgan fingerprint density at radius 1 is 1.42 bits per heavy atom. The van der Waals surface area contributed by atoms with Crippen molar-refractivity contribution in [1.29, 1.82) is 0 Å².